The molecule has 3 nitrogen and oxygen atoms in total. The molecule has 0 N–H and O–H groups in total. The first kappa shape index (κ1) is 10.6. The maximum absolute atomic E-state index is 5.54. The monoisotopic (exact) mass is 314 g/mol. The van der Waals surface area contributed by atoms with Crippen molar-refractivity contribution in [2.45, 2.75) is 19.8 Å². The zero-order chi connectivity index (χ0) is 10.7. The fourth-order valence-electron chi connectivity index (χ4n) is 1.31. The molecule has 1 heterocycles. The number of hydrogen-bond acceptors (Lipinski definition) is 3. The highest BCUT2D eigenvalue weighted by atomic mass is 127. The molecule has 1 aromatic heterocycles. The molecule has 4 heteroatoms. The van der Waals surface area contributed by atoms with Crippen LogP contribution < -0.4 is 0 Å². The van der Waals surface area contributed by atoms with E-state index in [0.717, 1.165) is 18.4 Å². The van der Waals surface area contributed by atoms with Gasteiger partial charge in [-0.05, 0) is 47.2 Å². The number of halogens is 1. The topological polar surface area (TPSA) is 38.9 Å². The minimum Gasteiger partial charge on any atom is -0.421 e. The predicted octanol–water partition coefficient (Wildman–Crippen LogP) is 3.29. The highest BCUT2D eigenvalue weighted by Crippen LogP contribution is 2.20. The molecule has 0 spiro atoms. The first-order valence-electron chi connectivity index (χ1n) is 4.88. The van der Waals surface area contributed by atoms with Crippen molar-refractivity contribution in [3.63, 3.8) is 0 Å². The second-order valence-electron chi connectivity index (χ2n) is 3.26. The molecule has 0 fully saturated rings. The molecule has 78 valence electrons. The molecule has 0 aliphatic rings. The Labute approximate surface area is 102 Å². The molecule has 0 saturated carbocycles. The van der Waals surface area contributed by atoms with Gasteiger partial charge >= 0.3 is 0 Å². The summed E-state index contributed by atoms with van der Waals surface area (Å²) in [6, 6.07) is 8.03. The van der Waals surface area contributed by atoms with Crippen molar-refractivity contribution in [2.24, 2.45) is 0 Å². The summed E-state index contributed by atoms with van der Waals surface area (Å²) in [4.78, 5) is 0. The number of nitrogens with zero attached hydrogens (tertiary/aromatic N) is 2. The summed E-state index contributed by atoms with van der Waals surface area (Å²) < 4.78 is 6.71. The molecular weight excluding hydrogens is 303 g/mol. The van der Waals surface area contributed by atoms with E-state index in [1.807, 2.05) is 24.3 Å². The van der Waals surface area contributed by atoms with Gasteiger partial charge in [-0.15, -0.1) is 10.2 Å². The highest BCUT2D eigenvalue weighted by molar-refractivity contribution is 14.1. The van der Waals surface area contributed by atoms with Gasteiger partial charge in [-0.3, -0.25) is 0 Å². The molecule has 0 aliphatic heterocycles. The van der Waals surface area contributed by atoms with Crippen molar-refractivity contribution in [3.05, 3.63) is 33.7 Å². The Morgan fingerprint density at radius 1 is 1.33 bits per heavy atom. The van der Waals surface area contributed by atoms with Crippen LogP contribution >= 0.6 is 22.6 Å². The van der Waals surface area contributed by atoms with Gasteiger partial charge in [0.25, 0.3) is 0 Å². The van der Waals surface area contributed by atoms with Gasteiger partial charge < -0.3 is 4.42 Å². The third-order valence-electron chi connectivity index (χ3n) is 2.00. The van der Waals surface area contributed by atoms with Crippen LogP contribution in [-0.2, 0) is 6.42 Å². The van der Waals surface area contributed by atoms with Crippen LogP contribution in [0.25, 0.3) is 11.5 Å². The first-order chi connectivity index (χ1) is 7.29. The Morgan fingerprint density at radius 3 is 2.93 bits per heavy atom. The molecule has 0 unspecified atom stereocenters. The number of rotatable bonds is 3. The summed E-state index contributed by atoms with van der Waals surface area (Å²) in [6.45, 7) is 2.09. The normalized spacial score (nSPS) is 10.5. The summed E-state index contributed by atoms with van der Waals surface area (Å²) in [5.41, 5.74) is 0.983. The van der Waals surface area contributed by atoms with Crippen molar-refractivity contribution < 1.29 is 4.42 Å². The fraction of sp³-hybridized carbons (Fsp3) is 0.273. The summed E-state index contributed by atoms with van der Waals surface area (Å²) in [6.07, 6.45) is 1.87. The van der Waals surface area contributed by atoms with Gasteiger partial charge in [-0.25, -0.2) is 0 Å². The van der Waals surface area contributed by atoms with E-state index in [1.165, 1.54) is 3.57 Å². The van der Waals surface area contributed by atoms with Crippen LogP contribution in [0.5, 0.6) is 0 Å². The zero-order valence-corrected chi connectivity index (χ0v) is 10.6. The van der Waals surface area contributed by atoms with E-state index in [2.05, 4.69) is 39.7 Å². The van der Waals surface area contributed by atoms with Crippen LogP contribution in [0.1, 0.15) is 19.2 Å². The van der Waals surface area contributed by atoms with Gasteiger partial charge in [0.15, 0.2) is 0 Å². The lowest BCUT2D eigenvalue weighted by atomic mass is 10.2. The van der Waals surface area contributed by atoms with E-state index < -0.39 is 0 Å². The van der Waals surface area contributed by atoms with Crippen molar-refractivity contribution in [1.29, 1.82) is 0 Å². The molecule has 2 rings (SSSR count). The minimum absolute atomic E-state index is 0.608. The highest BCUT2D eigenvalue weighted by Gasteiger charge is 2.07. The number of hydrogen-bond donors (Lipinski definition) is 0. The number of benzene rings is 1. The van der Waals surface area contributed by atoms with Gasteiger partial charge in [-0.2, -0.15) is 0 Å². The summed E-state index contributed by atoms with van der Waals surface area (Å²) in [5.74, 6) is 1.32. The lowest BCUT2D eigenvalue weighted by Gasteiger charge is -1.94. The molecule has 0 bridgehead atoms. The van der Waals surface area contributed by atoms with E-state index in [0.29, 0.717) is 11.8 Å². The second kappa shape index (κ2) is 4.74. The third kappa shape index (κ3) is 2.56. The van der Waals surface area contributed by atoms with Gasteiger partial charge in [0.1, 0.15) is 0 Å². The summed E-state index contributed by atoms with van der Waals surface area (Å²) >= 11 is 2.27. The van der Waals surface area contributed by atoms with E-state index in [9.17, 15) is 0 Å². The molecule has 0 saturated heterocycles. The van der Waals surface area contributed by atoms with Crippen molar-refractivity contribution in [2.75, 3.05) is 0 Å². The van der Waals surface area contributed by atoms with Gasteiger partial charge in [-0.1, -0.05) is 13.0 Å². The van der Waals surface area contributed by atoms with Crippen LogP contribution in [0, 0.1) is 3.57 Å². The molecule has 15 heavy (non-hydrogen) atoms. The van der Waals surface area contributed by atoms with Gasteiger partial charge in [0, 0.05) is 15.6 Å². The molecule has 0 amide bonds. The maximum Gasteiger partial charge on any atom is 0.247 e. The summed E-state index contributed by atoms with van der Waals surface area (Å²) in [5, 5.41) is 8.02. The molecule has 0 aliphatic carbocycles. The van der Waals surface area contributed by atoms with E-state index in [4.69, 9.17) is 4.42 Å². The van der Waals surface area contributed by atoms with Crippen LogP contribution in [0.15, 0.2) is 28.7 Å². The fourth-order valence-corrected chi connectivity index (χ4v) is 1.85. The largest absolute Gasteiger partial charge is 0.421 e. The lowest BCUT2D eigenvalue weighted by molar-refractivity contribution is 0.502. The van der Waals surface area contributed by atoms with Gasteiger partial charge in [0.2, 0.25) is 11.8 Å². The Bertz CT molecular complexity index is 453. The molecular formula is C11H11IN2O. The molecule has 0 atom stereocenters. The summed E-state index contributed by atoms with van der Waals surface area (Å²) in [7, 11) is 0. The maximum atomic E-state index is 5.54. The smallest absolute Gasteiger partial charge is 0.247 e. The van der Waals surface area contributed by atoms with Crippen molar-refractivity contribution in [1.82, 2.24) is 10.2 Å². The number of aryl methyl sites for hydroxylation is 1. The van der Waals surface area contributed by atoms with Crippen LogP contribution in [0.3, 0.4) is 0 Å². The average Bonchev–Trinajstić information content (AvgIpc) is 2.67. The lowest BCUT2D eigenvalue weighted by Crippen LogP contribution is -1.80. The standard InChI is InChI=1S/C11H11IN2O/c1-2-4-10-13-14-11(15-10)8-5-3-6-9(12)7-8/h3,5-7H,2,4H2,1H3. The van der Waals surface area contributed by atoms with E-state index in [-0.39, 0.29) is 0 Å². The van der Waals surface area contributed by atoms with Crippen LogP contribution in [0.2, 0.25) is 0 Å². The number of aromatic nitrogens is 2. The van der Waals surface area contributed by atoms with Crippen molar-refractivity contribution in [3.8, 4) is 11.5 Å². The van der Waals surface area contributed by atoms with Gasteiger partial charge in [0.05, 0.1) is 0 Å². The predicted molar refractivity (Wildman–Crippen MR) is 66.4 cm³/mol. The van der Waals surface area contributed by atoms with Crippen LogP contribution in [0.4, 0.5) is 0 Å². The molecule has 1 aromatic carbocycles. The van der Waals surface area contributed by atoms with Crippen molar-refractivity contribution >= 4 is 22.6 Å². The Balaban J connectivity index is 2.29. The SMILES string of the molecule is CCCc1nnc(-c2cccc(I)c2)o1. The second-order valence-corrected chi connectivity index (χ2v) is 4.51. The average molecular weight is 314 g/mol. The first-order valence-corrected chi connectivity index (χ1v) is 5.96. The molecule has 2 aromatic rings. The van der Waals surface area contributed by atoms with E-state index in [1.54, 1.807) is 0 Å². The third-order valence-corrected chi connectivity index (χ3v) is 2.67. The zero-order valence-electron chi connectivity index (χ0n) is 8.40. The van der Waals surface area contributed by atoms with Crippen LogP contribution in [-0.4, -0.2) is 10.2 Å². The Kier molecular flexibility index (Phi) is 3.35. The molecule has 0 radical (unpaired) electrons. The Morgan fingerprint density at radius 2 is 2.20 bits per heavy atom. The minimum atomic E-state index is 0.608. The Hall–Kier alpha value is -0.910. The van der Waals surface area contributed by atoms with E-state index >= 15 is 0 Å². The quantitative estimate of drug-likeness (QED) is 0.816.